The molecule has 5 aliphatic rings. The molecule has 6 atom stereocenters. The van der Waals surface area contributed by atoms with E-state index in [0.29, 0.717) is 23.5 Å². The number of allylic oxidation sites excluding steroid dienone is 1. The third-order valence-corrected chi connectivity index (χ3v) is 10.3. The van der Waals surface area contributed by atoms with Crippen molar-refractivity contribution >= 4 is 28.9 Å². The van der Waals surface area contributed by atoms with Gasteiger partial charge in [-0.3, -0.25) is 9.59 Å². The summed E-state index contributed by atoms with van der Waals surface area (Å²) in [5.74, 6) is -0.445. The normalized spacial score (nSPS) is 38.7. The highest BCUT2D eigenvalue weighted by Gasteiger charge is 2.71. The summed E-state index contributed by atoms with van der Waals surface area (Å²) >= 11 is 1.35. The topological polar surface area (TPSA) is 93.5 Å². The molecule has 7 heteroatoms. The van der Waals surface area contributed by atoms with Crippen LogP contribution in [0.15, 0.2) is 29.7 Å². The van der Waals surface area contributed by atoms with E-state index < -0.39 is 16.2 Å². The molecule has 0 amide bonds. The van der Waals surface area contributed by atoms with Crippen molar-refractivity contribution in [2.45, 2.75) is 51.9 Å². The van der Waals surface area contributed by atoms with E-state index in [2.05, 4.69) is 19.6 Å². The van der Waals surface area contributed by atoms with Crippen LogP contribution in [0.4, 0.5) is 0 Å². The molecule has 5 saturated carbocycles. The van der Waals surface area contributed by atoms with Crippen LogP contribution in [0.2, 0.25) is 0 Å². The van der Waals surface area contributed by atoms with Gasteiger partial charge in [0.25, 0.3) is 0 Å². The fraction of sp³-hybridized carbons (Fsp3) is 0.630. The van der Waals surface area contributed by atoms with E-state index in [-0.39, 0.29) is 54.9 Å². The molecule has 180 valence electrons. The molecule has 2 bridgehead atoms. The zero-order valence-electron chi connectivity index (χ0n) is 19.6. The van der Waals surface area contributed by atoms with Crippen LogP contribution in [0.1, 0.15) is 61.5 Å². The van der Waals surface area contributed by atoms with E-state index >= 15 is 0 Å². The van der Waals surface area contributed by atoms with Crippen molar-refractivity contribution in [3.8, 4) is 6.07 Å². The number of thiophene rings is 1. The fourth-order valence-electron chi connectivity index (χ4n) is 7.95. The summed E-state index contributed by atoms with van der Waals surface area (Å²) < 4.78 is 11.7. The first-order valence-electron chi connectivity index (χ1n) is 12.2. The first kappa shape index (κ1) is 23.4. The van der Waals surface area contributed by atoms with Crippen LogP contribution in [-0.2, 0) is 19.1 Å². The van der Waals surface area contributed by atoms with Crippen molar-refractivity contribution < 1.29 is 23.9 Å². The first-order valence-corrected chi connectivity index (χ1v) is 13.1. The molecule has 3 unspecified atom stereocenters. The maximum atomic E-state index is 13.8. The zero-order valence-corrected chi connectivity index (χ0v) is 20.5. The second kappa shape index (κ2) is 8.42. The molecule has 1 heterocycles. The van der Waals surface area contributed by atoms with Crippen molar-refractivity contribution in [3.05, 3.63) is 34.5 Å². The summed E-state index contributed by atoms with van der Waals surface area (Å²) in [6.45, 7) is 6.75. The van der Waals surface area contributed by atoms with Crippen LogP contribution in [-0.4, -0.2) is 37.4 Å². The predicted molar refractivity (Wildman–Crippen MR) is 126 cm³/mol. The highest BCUT2D eigenvalue weighted by molar-refractivity contribution is 7.11. The van der Waals surface area contributed by atoms with Gasteiger partial charge in [0, 0.05) is 17.3 Å². The van der Waals surface area contributed by atoms with Gasteiger partial charge < -0.3 is 9.47 Å². The van der Waals surface area contributed by atoms with Gasteiger partial charge in [-0.05, 0) is 66.9 Å². The number of carbonyl (C=O) groups is 3. The molecule has 34 heavy (non-hydrogen) atoms. The number of hydrogen-bond donors (Lipinski definition) is 0. The van der Waals surface area contributed by atoms with Crippen LogP contribution < -0.4 is 0 Å². The van der Waals surface area contributed by atoms with Crippen LogP contribution in [0, 0.1) is 45.3 Å². The maximum absolute atomic E-state index is 13.8. The molecule has 1 aromatic heterocycles. The number of ether oxygens (including phenoxy) is 2. The quantitative estimate of drug-likeness (QED) is 0.252. The lowest BCUT2D eigenvalue weighted by Crippen LogP contribution is -2.69. The molecule has 6 rings (SSSR count). The third-order valence-electron chi connectivity index (χ3n) is 9.49. The van der Waals surface area contributed by atoms with E-state index in [1.54, 1.807) is 6.07 Å². The Morgan fingerprint density at radius 1 is 1.26 bits per heavy atom. The minimum absolute atomic E-state index is 0.0176. The molecule has 0 radical (unpaired) electrons. The molecule has 1 aromatic rings. The second-order valence-electron chi connectivity index (χ2n) is 11.0. The Labute approximate surface area is 204 Å². The lowest BCUT2D eigenvalue weighted by atomic mass is 9.36. The van der Waals surface area contributed by atoms with Gasteiger partial charge in [-0.1, -0.05) is 26.0 Å². The van der Waals surface area contributed by atoms with Crippen molar-refractivity contribution in [2.75, 3.05) is 19.8 Å². The largest absolute Gasteiger partial charge is 0.461 e. The van der Waals surface area contributed by atoms with E-state index in [1.807, 2.05) is 11.4 Å². The van der Waals surface area contributed by atoms with Gasteiger partial charge >= 0.3 is 5.97 Å². The van der Waals surface area contributed by atoms with Gasteiger partial charge in [-0.25, -0.2) is 4.79 Å². The summed E-state index contributed by atoms with van der Waals surface area (Å²) in [6.07, 6.45) is 5.07. The summed E-state index contributed by atoms with van der Waals surface area (Å²) in [6, 6.07) is 5.64. The highest BCUT2D eigenvalue weighted by atomic mass is 32.1. The van der Waals surface area contributed by atoms with Crippen LogP contribution in [0.3, 0.4) is 0 Å². The molecule has 6 nitrogen and oxygen atoms in total. The fourth-order valence-corrected chi connectivity index (χ4v) is 8.57. The highest BCUT2D eigenvalue weighted by Crippen LogP contribution is 2.70. The van der Waals surface area contributed by atoms with Gasteiger partial charge in [0.1, 0.15) is 17.3 Å². The van der Waals surface area contributed by atoms with Gasteiger partial charge in [0.05, 0.1) is 24.7 Å². The van der Waals surface area contributed by atoms with Gasteiger partial charge in [0.2, 0.25) is 0 Å². The number of esters is 1. The maximum Gasteiger partial charge on any atom is 0.348 e. The number of fused-ring (bicyclic) bond motifs is 3. The molecule has 0 saturated heterocycles. The lowest BCUT2D eigenvalue weighted by molar-refractivity contribution is -0.204. The van der Waals surface area contributed by atoms with Crippen LogP contribution >= 0.6 is 11.3 Å². The predicted octanol–water partition coefficient (Wildman–Crippen LogP) is 4.75. The minimum atomic E-state index is -0.996. The third kappa shape index (κ3) is 3.25. The molecular formula is C27H31NO5S. The molecule has 0 N–H and O–H groups in total. The van der Waals surface area contributed by atoms with E-state index in [4.69, 9.17) is 14.7 Å². The average Bonchev–Trinajstić information content (AvgIpc) is 3.37. The Hall–Kier alpha value is -2.30. The number of carbonyl (C=O) groups excluding carboxylic acids is 3. The number of Topliss-reactive ketones (excluding diaryl/α,β-unsaturated/α-hetero) is 2. The van der Waals surface area contributed by atoms with Crippen LogP contribution in [0.25, 0.3) is 0 Å². The molecule has 1 spiro atoms. The van der Waals surface area contributed by atoms with Gasteiger partial charge in [-0.2, -0.15) is 5.26 Å². The zero-order chi connectivity index (χ0) is 24.1. The molecular weight excluding hydrogens is 450 g/mol. The Kier molecular flexibility index (Phi) is 5.81. The van der Waals surface area contributed by atoms with Gasteiger partial charge in [-0.15, -0.1) is 11.3 Å². The number of nitrogens with zero attached hydrogens (tertiary/aromatic N) is 1. The van der Waals surface area contributed by atoms with Crippen molar-refractivity contribution in [1.29, 1.82) is 5.26 Å². The van der Waals surface area contributed by atoms with E-state index in [1.165, 1.54) is 11.3 Å². The standard InChI is InChI=1S/C27H31NO5S/c1-17-18-6-9-27(23(17)30)21(13-18)26(16-32-11-10-28)8-4-7-25(2,20(26)14-22(27)29)15-33-24(31)19-5-3-12-34-19/h3,5,12,18,20-21H,1,4,6-9,11,13-16H2,2H3/t18-,20?,21?,25+,26+,27?/m1/s1. The van der Waals surface area contributed by atoms with E-state index in [0.717, 1.165) is 32.1 Å². The Balaban J connectivity index is 1.51. The van der Waals surface area contributed by atoms with Crippen molar-refractivity contribution in [1.82, 2.24) is 0 Å². The molecule has 5 aliphatic carbocycles. The number of rotatable bonds is 6. The molecule has 0 aliphatic heterocycles. The van der Waals surface area contributed by atoms with Crippen molar-refractivity contribution in [2.24, 2.45) is 34.0 Å². The second-order valence-corrected chi connectivity index (χ2v) is 11.9. The minimum Gasteiger partial charge on any atom is -0.461 e. The molecule has 0 aromatic carbocycles. The molecule has 5 fully saturated rings. The number of hydrogen-bond acceptors (Lipinski definition) is 7. The van der Waals surface area contributed by atoms with Crippen molar-refractivity contribution in [3.63, 3.8) is 0 Å². The summed E-state index contributed by atoms with van der Waals surface area (Å²) in [5, 5.41) is 11.0. The Morgan fingerprint density at radius 2 is 2.09 bits per heavy atom. The lowest BCUT2D eigenvalue weighted by Gasteiger charge is -2.66. The SMILES string of the molecule is C=C1C(=O)C23CC[C@@H]1CC2[C@]1(COCC#N)CCC[C@@](C)(COC(=O)c2cccs2)C1CC3=O. The summed E-state index contributed by atoms with van der Waals surface area (Å²) in [5.41, 5.74) is -1.19. The van der Waals surface area contributed by atoms with Crippen LogP contribution in [0.5, 0.6) is 0 Å². The Bertz CT molecular complexity index is 1070. The average molecular weight is 482 g/mol. The number of nitriles is 1. The summed E-state index contributed by atoms with van der Waals surface area (Å²) in [4.78, 5) is 40.6. The summed E-state index contributed by atoms with van der Waals surface area (Å²) in [7, 11) is 0. The van der Waals surface area contributed by atoms with Gasteiger partial charge in [0.15, 0.2) is 5.78 Å². The van der Waals surface area contributed by atoms with E-state index in [9.17, 15) is 14.4 Å². The first-order chi connectivity index (χ1) is 16.3. The monoisotopic (exact) mass is 481 g/mol. The smallest absolute Gasteiger partial charge is 0.348 e. The Morgan fingerprint density at radius 3 is 2.82 bits per heavy atom. The number of ketones is 2.